The van der Waals surface area contributed by atoms with Gasteiger partial charge in [-0.3, -0.25) is 0 Å². The van der Waals surface area contributed by atoms with Crippen LogP contribution >= 0.6 is 23.4 Å². The van der Waals surface area contributed by atoms with E-state index < -0.39 is 10.0 Å². The van der Waals surface area contributed by atoms with Crippen molar-refractivity contribution < 1.29 is 8.42 Å². The van der Waals surface area contributed by atoms with Crippen molar-refractivity contribution in [1.82, 2.24) is 24.1 Å². The van der Waals surface area contributed by atoms with Crippen molar-refractivity contribution in [2.75, 3.05) is 12.5 Å². The van der Waals surface area contributed by atoms with Crippen molar-refractivity contribution in [3.05, 3.63) is 46.3 Å². The van der Waals surface area contributed by atoms with E-state index in [9.17, 15) is 8.42 Å². The Bertz CT molecular complexity index is 1100. The summed E-state index contributed by atoms with van der Waals surface area (Å²) in [6.07, 6.45) is 4.58. The number of nitrogens with zero attached hydrogens (tertiary/aromatic N) is 6. The van der Waals surface area contributed by atoms with Crippen molar-refractivity contribution in [2.24, 2.45) is 4.40 Å². The molecule has 0 unspecified atom stereocenters. The predicted octanol–water partition coefficient (Wildman–Crippen LogP) is 1.52. The lowest BCUT2D eigenvalue weighted by Crippen LogP contribution is -2.23. The van der Waals surface area contributed by atoms with E-state index in [1.54, 1.807) is 18.3 Å². The highest BCUT2D eigenvalue weighted by molar-refractivity contribution is 7.98. The van der Waals surface area contributed by atoms with Crippen molar-refractivity contribution in [3.8, 4) is 0 Å². The summed E-state index contributed by atoms with van der Waals surface area (Å²) in [5.41, 5.74) is 1.94. The van der Waals surface area contributed by atoms with Crippen LogP contribution in [0.25, 0.3) is 5.78 Å². The van der Waals surface area contributed by atoms with E-state index in [1.807, 2.05) is 23.8 Å². The van der Waals surface area contributed by atoms with Crippen molar-refractivity contribution >= 4 is 39.2 Å². The Hall–Kier alpha value is -1.91. The van der Waals surface area contributed by atoms with Gasteiger partial charge in [0.25, 0.3) is 10.0 Å². The molecule has 0 saturated carbocycles. The minimum Gasteiger partial charge on any atom is -0.310 e. The smallest absolute Gasteiger partial charge is 0.252 e. The summed E-state index contributed by atoms with van der Waals surface area (Å²) < 4.78 is 30.3. The Kier molecular flexibility index (Phi) is 4.85. The molecule has 0 fully saturated rings. The molecule has 0 spiro atoms. The van der Waals surface area contributed by atoms with Gasteiger partial charge in [0.05, 0.1) is 12.8 Å². The van der Waals surface area contributed by atoms with E-state index in [1.165, 1.54) is 16.3 Å². The van der Waals surface area contributed by atoms with Crippen LogP contribution in [0.3, 0.4) is 0 Å². The van der Waals surface area contributed by atoms with E-state index in [4.69, 9.17) is 11.6 Å². The van der Waals surface area contributed by atoms with Gasteiger partial charge in [-0.15, -0.1) is 9.50 Å². The number of sulfonamides is 1. The molecule has 3 aromatic rings. The molecule has 25 heavy (non-hydrogen) atoms. The zero-order valence-corrected chi connectivity index (χ0v) is 16.1. The molecule has 0 amide bonds. The molecule has 11 heteroatoms. The first-order chi connectivity index (χ1) is 11.8. The molecular formula is C14H15ClN6O2S2. The van der Waals surface area contributed by atoms with Crippen LogP contribution in [0.5, 0.6) is 0 Å². The maximum absolute atomic E-state index is 11.6. The van der Waals surface area contributed by atoms with Gasteiger partial charge in [0.15, 0.2) is 5.49 Å². The molecule has 0 saturated heterocycles. The van der Waals surface area contributed by atoms with Crippen LogP contribution in [-0.4, -0.2) is 45.1 Å². The standard InChI is InChI=1S/C14H15ClN6O2S2/c1-9-6-12(19-25(3,22)23)21-14(17-13(18-21)24-2)20(9)8-10-4-5-11(15)16-7-10/h4-7H,8H2,1-3H3/b19-12+. The second-order valence-electron chi connectivity index (χ2n) is 5.35. The van der Waals surface area contributed by atoms with Crippen LogP contribution in [0.2, 0.25) is 5.15 Å². The van der Waals surface area contributed by atoms with Crippen LogP contribution < -0.4 is 5.49 Å². The zero-order valence-electron chi connectivity index (χ0n) is 13.7. The van der Waals surface area contributed by atoms with E-state index >= 15 is 0 Å². The lowest BCUT2D eigenvalue weighted by atomic mass is 10.2. The predicted molar refractivity (Wildman–Crippen MR) is 96.3 cm³/mol. The second-order valence-corrected chi connectivity index (χ2v) is 8.16. The van der Waals surface area contributed by atoms with E-state index in [0.717, 1.165) is 17.5 Å². The molecule has 0 aliphatic heterocycles. The van der Waals surface area contributed by atoms with Crippen LogP contribution in [0.15, 0.2) is 34.0 Å². The van der Waals surface area contributed by atoms with Gasteiger partial charge in [-0.1, -0.05) is 29.4 Å². The van der Waals surface area contributed by atoms with Crippen LogP contribution in [0.4, 0.5) is 0 Å². The Morgan fingerprint density at radius 1 is 1.36 bits per heavy atom. The maximum Gasteiger partial charge on any atom is 0.252 e. The summed E-state index contributed by atoms with van der Waals surface area (Å²) in [5.74, 6) is 0.502. The normalized spacial score (nSPS) is 12.9. The van der Waals surface area contributed by atoms with Gasteiger partial charge in [-0.25, -0.2) is 13.4 Å². The molecule has 0 aliphatic rings. The number of thioether (sulfide) groups is 1. The minimum atomic E-state index is -3.56. The summed E-state index contributed by atoms with van der Waals surface area (Å²) in [6, 6.07) is 5.25. The molecule has 3 rings (SSSR count). The SMILES string of the molecule is CSc1nc2n(Cc3ccc(Cl)nc3)c(C)c/c(=N\S(C)(=O)=O)n2n1. The molecule has 0 aromatic carbocycles. The summed E-state index contributed by atoms with van der Waals surface area (Å²) in [6.45, 7) is 2.35. The van der Waals surface area contributed by atoms with Gasteiger partial charge in [0.1, 0.15) is 5.15 Å². The Morgan fingerprint density at radius 3 is 2.72 bits per heavy atom. The molecule has 132 valence electrons. The summed E-state index contributed by atoms with van der Waals surface area (Å²) in [5, 5.41) is 5.27. The fraction of sp³-hybridized carbons (Fsp3) is 0.286. The number of hydrogen-bond donors (Lipinski definition) is 0. The molecule has 8 nitrogen and oxygen atoms in total. The van der Waals surface area contributed by atoms with Crippen molar-refractivity contribution in [3.63, 3.8) is 0 Å². The molecule has 3 aromatic heterocycles. The highest BCUT2D eigenvalue weighted by Gasteiger charge is 2.13. The highest BCUT2D eigenvalue weighted by atomic mass is 35.5. The van der Waals surface area contributed by atoms with E-state index in [2.05, 4.69) is 19.5 Å². The van der Waals surface area contributed by atoms with Gasteiger partial charge in [0, 0.05) is 18.0 Å². The van der Waals surface area contributed by atoms with Crippen LogP contribution in [-0.2, 0) is 16.6 Å². The lowest BCUT2D eigenvalue weighted by Gasteiger charge is -2.12. The second kappa shape index (κ2) is 6.77. The third-order valence-corrected chi connectivity index (χ3v) is 4.64. The largest absolute Gasteiger partial charge is 0.310 e. The molecule has 0 N–H and O–H groups in total. The minimum absolute atomic E-state index is 0.216. The van der Waals surface area contributed by atoms with Gasteiger partial charge in [-0.05, 0) is 24.8 Å². The first-order valence-electron chi connectivity index (χ1n) is 7.14. The lowest BCUT2D eigenvalue weighted by molar-refractivity contribution is 0.601. The molecule has 0 radical (unpaired) electrons. The van der Waals surface area contributed by atoms with E-state index in [-0.39, 0.29) is 5.49 Å². The molecule has 0 aliphatic carbocycles. The number of aryl methyl sites for hydroxylation is 1. The van der Waals surface area contributed by atoms with E-state index in [0.29, 0.717) is 22.6 Å². The summed E-state index contributed by atoms with van der Waals surface area (Å²) >= 11 is 7.20. The highest BCUT2D eigenvalue weighted by Crippen LogP contribution is 2.14. The monoisotopic (exact) mass is 398 g/mol. The third kappa shape index (κ3) is 4.02. The number of rotatable bonds is 4. The molecule has 0 atom stereocenters. The van der Waals surface area contributed by atoms with Crippen molar-refractivity contribution in [1.29, 1.82) is 0 Å². The number of hydrogen-bond acceptors (Lipinski definition) is 6. The van der Waals surface area contributed by atoms with Crippen LogP contribution in [0.1, 0.15) is 11.3 Å². The number of aromatic nitrogens is 5. The van der Waals surface area contributed by atoms with Crippen LogP contribution in [0, 0.1) is 6.92 Å². The fourth-order valence-corrected chi connectivity index (χ4v) is 3.21. The first-order valence-corrected chi connectivity index (χ1v) is 10.6. The van der Waals surface area contributed by atoms with Gasteiger partial charge in [-0.2, -0.15) is 9.50 Å². The maximum atomic E-state index is 11.6. The average molecular weight is 399 g/mol. The number of halogens is 1. The van der Waals surface area contributed by atoms with Gasteiger partial charge in [0.2, 0.25) is 10.9 Å². The summed E-state index contributed by atoms with van der Waals surface area (Å²) in [7, 11) is -3.56. The Balaban J connectivity index is 2.24. The van der Waals surface area contributed by atoms with Crippen molar-refractivity contribution in [2.45, 2.75) is 18.6 Å². The number of pyridine rings is 1. The molecular weight excluding hydrogens is 384 g/mol. The Morgan fingerprint density at radius 2 is 2.12 bits per heavy atom. The topological polar surface area (TPSA) is 94.5 Å². The summed E-state index contributed by atoms with van der Waals surface area (Å²) in [4.78, 5) is 8.55. The zero-order chi connectivity index (χ0) is 18.2. The molecule has 3 heterocycles. The average Bonchev–Trinajstić information content (AvgIpc) is 2.96. The van der Waals surface area contributed by atoms with Gasteiger partial charge >= 0.3 is 0 Å². The fourth-order valence-electron chi connectivity index (χ4n) is 2.30. The molecule has 0 bridgehead atoms. The Labute approximate surface area is 153 Å². The first kappa shape index (κ1) is 17.9. The number of fused-ring (bicyclic) bond motifs is 1. The quantitative estimate of drug-likeness (QED) is 0.488. The van der Waals surface area contributed by atoms with Gasteiger partial charge < -0.3 is 4.57 Å². The third-order valence-electron chi connectivity index (χ3n) is 3.36.